The van der Waals surface area contributed by atoms with Gasteiger partial charge in [0, 0.05) is 12.1 Å². The number of hydrogen-bond donors (Lipinski definition) is 3. The van der Waals surface area contributed by atoms with Gasteiger partial charge in [0.25, 0.3) is 0 Å². The normalized spacial score (nSPS) is 16.1. The maximum atomic E-state index is 11.6. The van der Waals surface area contributed by atoms with E-state index >= 15 is 0 Å². The summed E-state index contributed by atoms with van der Waals surface area (Å²) in [7, 11) is 0. The summed E-state index contributed by atoms with van der Waals surface area (Å²) >= 11 is 0. The molecule has 18 heavy (non-hydrogen) atoms. The average molecular weight is 249 g/mol. The third kappa shape index (κ3) is 2.85. The molecule has 0 bridgehead atoms. The van der Waals surface area contributed by atoms with Gasteiger partial charge in [0.05, 0.1) is 24.6 Å². The van der Waals surface area contributed by atoms with Gasteiger partial charge in [0.1, 0.15) is 6.23 Å². The van der Waals surface area contributed by atoms with Crippen molar-refractivity contribution in [2.24, 2.45) is 11.7 Å². The molecule has 1 saturated carbocycles. The monoisotopic (exact) mass is 249 g/mol. The number of aromatic nitrogens is 2. The maximum absolute atomic E-state index is 11.6. The van der Waals surface area contributed by atoms with E-state index in [-0.39, 0.29) is 17.6 Å². The van der Waals surface area contributed by atoms with Crippen molar-refractivity contribution < 1.29 is 9.90 Å². The topological polar surface area (TPSA) is 117 Å². The molecule has 1 aliphatic carbocycles. The Hall–Kier alpha value is -1.91. The molecule has 4 N–H and O–H groups in total. The Morgan fingerprint density at radius 1 is 1.78 bits per heavy atom. The zero-order valence-corrected chi connectivity index (χ0v) is 9.83. The predicted molar refractivity (Wildman–Crippen MR) is 63.0 cm³/mol. The van der Waals surface area contributed by atoms with Crippen LogP contribution in [0.2, 0.25) is 0 Å². The molecule has 0 spiro atoms. The summed E-state index contributed by atoms with van der Waals surface area (Å²) in [6, 6.07) is 2.00. The first-order chi connectivity index (χ1) is 8.61. The fourth-order valence-electron chi connectivity index (χ4n) is 1.59. The number of nitrogens with one attached hydrogen (secondary N) is 1. The van der Waals surface area contributed by atoms with Gasteiger partial charge in [-0.05, 0) is 12.8 Å². The fourth-order valence-corrected chi connectivity index (χ4v) is 1.59. The van der Waals surface area contributed by atoms with Crippen LogP contribution in [0.15, 0.2) is 6.20 Å². The van der Waals surface area contributed by atoms with Crippen LogP contribution in [0.25, 0.3) is 0 Å². The minimum atomic E-state index is -1.20. The summed E-state index contributed by atoms with van der Waals surface area (Å²) in [5.41, 5.74) is 5.77. The second-order valence-electron chi connectivity index (χ2n) is 4.31. The Labute approximate surface area is 104 Å². The average Bonchev–Trinajstić information content (AvgIpc) is 3.09. The molecule has 1 aromatic heterocycles. The second kappa shape index (κ2) is 5.16. The van der Waals surface area contributed by atoms with Crippen LogP contribution in [-0.4, -0.2) is 20.8 Å². The summed E-state index contributed by atoms with van der Waals surface area (Å²) < 4.78 is 1.50. The van der Waals surface area contributed by atoms with E-state index in [1.165, 1.54) is 4.68 Å². The van der Waals surface area contributed by atoms with Crippen LogP contribution >= 0.6 is 0 Å². The van der Waals surface area contributed by atoms with Crippen LogP contribution in [0.4, 0.5) is 5.82 Å². The lowest BCUT2D eigenvalue weighted by Crippen LogP contribution is -2.17. The molecule has 1 heterocycles. The Morgan fingerprint density at radius 3 is 3.06 bits per heavy atom. The largest absolute Gasteiger partial charge is 0.374 e. The van der Waals surface area contributed by atoms with E-state index in [0.29, 0.717) is 18.5 Å². The number of nitriles is 1. The first-order valence-electron chi connectivity index (χ1n) is 5.80. The number of rotatable bonds is 5. The van der Waals surface area contributed by atoms with E-state index in [9.17, 15) is 9.90 Å². The smallest absolute Gasteiger partial charge is 0.228 e. The molecule has 1 unspecified atom stereocenters. The quantitative estimate of drug-likeness (QED) is 0.639. The lowest BCUT2D eigenvalue weighted by molar-refractivity contribution is -0.117. The minimum Gasteiger partial charge on any atom is -0.374 e. The lowest BCUT2D eigenvalue weighted by Gasteiger charge is -2.05. The third-order valence-electron chi connectivity index (χ3n) is 2.75. The number of anilines is 1. The van der Waals surface area contributed by atoms with Gasteiger partial charge in [0.15, 0.2) is 5.82 Å². The molecular formula is C11H15N5O2. The number of amides is 1. The summed E-state index contributed by atoms with van der Waals surface area (Å²) in [5, 5.41) is 24.7. The number of nitrogens with zero attached hydrogens (tertiary/aromatic N) is 3. The van der Waals surface area contributed by atoms with E-state index < -0.39 is 6.23 Å². The molecule has 1 aliphatic rings. The highest BCUT2D eigenvalue weighted by atomic mass is 16.3. The first-order valence-corrected chi connectivity index (χ1v) is 5.80. The Balaban J connectivity index is 2.12. The Morgan fingerprint density at radius 2 is 2.50 bits per heavy atom. The fraction of sp³-hybridized carbons (Fsp3) is 0.545. The molecule has 7 heteroatoms. The van der Waals surface area contributed by atoms with Crippen molar-refractivity contribution in [2.45, 2.75) is 32.0 Å². The SMILES string of the molecule is N#CCCn1cc(C(N)O)c(NC(=O)C2CC2)n1. The van der Waals surface area contributed by atoms with Gasteiger partial charge in [-0.15, -0.1) is 0 Å². The van der Waals surface area contributed by atoms with Gasteiger partial charge >= 0.3 is 0 Å². The number of carbonyl (C=O) groups is 1. The lowest BCUT2D eigenvalue weighted by atomic mass is 10.3. The van der Waals surface area contributed by atoms with E-state index in [1.807, 2.05) is 6.07 Å². The number of hydrogen-bond acceptors (Lipinski definition) is 5. The van der Waals surface area contributed by atoms with Crippen molar-refractivity contribution in [1.82, 2.24) is 9.78 Å². The van der Waals surface area contributed by atoms with Crippen LogP contribution in [0, 0.1) is 17.2 Å². The van der Waals surface area contributed by atoms with E-state index in [2.05, 4.69) is 10.4 Å². The maximum Gasteiger partial charge on any atom is 0.228 e. The second-order valence-corrected chi connectivity index (χ2v) is 4.31. The molecule has 0 aliphatic heterocycles. The minimum absolute atomic E-state index is 0.0528. The number of nitrogens with two attached hydrogens (primary N) is 1. The number of aliphatic hydroxyl groups excluding tert-OH is 1. The zero-order valence-electron chi connectivity index (χ0n) is 9.83. The van der Waals surface area contributed by atoms with Gasteiger partial charge in [-0.3, -0.25) is 9.48 Å². The molecule has 96 valence electrons. The molecule has 1 amide bonds. The molecule has 1 atom stereocenters. The zero-order chi connectivity index (χ0) is 13.1. The van der Waals surface area contributed by atoms with Crippen LogP contribution in [0.3, 0.4) is 0 Å². The van der Waals surface area contributed by atoms with Gasteiger partial charge < -0.3 is 16.2 Å². The number of aliphatic hydroxyl groups is 1. The highest BCUT2D eigenvalue weighted by Crippen LogP contribution is 2.30. The van der Waals surface area contributed by atoms with E-state index in [0.717, 1.165) is 12.8 Å². The summed E-state index contributed by atoms with van der Waals surface area (Å²) in [5.74, 6) is 0.235. The van der Waals surface area contributed by atoms with Crippen molar-refractivity contribution in [3.05, 3.63) is 11.8 Å². The summed E-state index contributed by atoms with van der Waals surface area (Å²) in [6.07, 6.45) is 2.43. The van der Waals surface area contributed by atoms with Gasteiger partial charge in [0.2, 0.25) is 5.91 Å². The number of carbonyl (C=O) groups excluding carboxylic acids is 1. The van der Waals surface area contributed by atoms with E-state index in [4.69, 9.17) is 11.0 Å². The molecule has 7 nitrogen and oxygen atoms in total. The summed E-state index contributed by atoms with van der Waals surface area (Å²) in [6.45, 7) is 0.398. The van der Waals surface area contributed by atoms with Crippen molar-refractivity contribution in [1.29, 1.82) is 5.26 Å². The van der Waals surface area contributed by atoms with Crippen LogP contribution in [0.5, 0.6) is 0 Å². The van der Waals surface area contributed by atoms with Crippen LogP contribution in [0.1, 0.15) is 31.1 Å². The first kappa shape index (κ1) is 12.5. The van der Waals surface area contributed by atoms with Crippen molar-refractivity contribution in [2.75, 3.05) is 5.32 Å². The molecule has 1 aromatic rings. The van der Waals surface area contributed by atoms with Crippen LogP contribution in [-0.2, 0) is 11.3 Å². The molecule has 0 aromatic carbocycles. The van der Waals surface area contributed by atoms with Gasteiger partial charge in [-0.25, -0.2) is 0 Å². The molecule has 0 saturated heterocycles. The number of aryl methyl sites for hydroxylation is 1. The van der Waals surface area contributed by atoms with Gasteiger partial charge in [-0.1, -0.05) is 0 Å². The summed E-state index contributed by atoms with van der Waals surface area (Å²) in [4.78, 5) is 11.6. The highest BCUT2D eigenvalue weighted by molar-refractivity contribution is 5.93. The Bertz CT molecular complexity index is 484. The van der Waals surface area contributed by atoms with Gasteiger partial charge in [-0.2, -0.15) is 10.4 Å². The standard InChI is InChI=1S/C11H15N5O2/c12-4-1-5-16-6-8(9(13)17)10(15-16)14-11(18)7-2-3-7/h6-7,9,17H,1-3,5,13H2,(H,14,15,18). The molecule has 2 rings (SSSR count). The van der Waals surface area contributed by atoms with Crippen LogP contribution < -0.4 is 11.1 Å². The van der Waals surface area contributed by atoms with Crippen molar-refractivity contribution in [3.8, 4) is 6.07 Å². The molecule has 0 radical (unpaired) electrons. The molecular weight excluding hydrogens is 234 g/mol. The highest BCUT2D eigenvalue weighted by Gasteiger charge is 2.30. The van der Waals surface area contributed by atoms with E-state index in [1.54, 1.807) is 6.20 Å². The van der Waals surface area contributed by atoms with Crippen molar-refractivity contribution >= 4 is 11.7 Å². The molecule has 1 fully saturated rings. The Kier molecular flexibility index (Phi) is 3.60. The van der Waals surface area contributed by atoms with Crippen molar-refractivity contribution in [3.63, 3.8) is 0 Å². The third-order valence-corrected chi connectivity index (χ3v) is 2.75. The predicted octanol–water partition coefficient (Wildman–Crippen LogP) is 0.0949.